The summed E-state index contributed by atoms with van der Waals surface area (Å²) in [6.07, 6.45) is 2.34. The van der Waals surface area contributed by atoms with Crippen LogP contribution in [0.15, 0.2) is 24.3 Å². The molecule has 0 saturated carbocycles. The van der Waals surface area contributed by atoms with Crippen LogP contribution in [0.2, 0.25) is 0 Å². The minimum absolute atomic E-state index is 0.0148. The number of urea groups is 1. The number of amides is 4. The predicted molar refractivity (Wildman–Crippen MR) is 110 cm³/mol. The number of hydrogen-bond donors (Lipinski definition) is 2. The average molecular weight is 399 g/mol. The van der Waals surface area contributed by atoms with Gasteiger partial charge in [0.25, 0.3) is 5.91 Å². The van der Waals surface area contributed by atoms with Crippen LogP contribution in [0.4, 0.5) is 10.5 Å². The van der Waals surface area contributed by atoms with Crippen LogP contribution >= 0.6 is 0 Å². The number of piperidine rings is 1. The lowest BCUT2D eigenvalue weighted by Gasteiger charge is -2.36. The predicted octanol–water partition coefficient (Wildman–Crippen LogP) is 0.890. The molecule has 0 spiro atoms. The normalized spacial score (nSPS) is 21.9. The van der Waals surface area contributed by atoms with Gasteiger partial charge in [-0.3, -0.25) is 19.8 Å². The molecule has 3 heterocycles. The van der Waals surface area contributed by atoms with Crippen molar-refractivity contribution in [2.45, 2.75) is 19.3 Å². The van der Waals surface area contributed by atoms with Crippen LogP contribution in [0.5, 0.6) is 0 Å². The quantitative estimate of drug-likeness (QED) is 0.786. The maximum atomic E-state index is 13.0. The fourth-order valence-electron chi connectivity index (χ4n) is 4.38. The van der Waals surface area contributed by atoms with E-state index in [9.17, 15) is 14.4 Å². The zero-order valence-corrected chi connectivity index (χ0v) is 16.7. The molecular weight excluding hydrogens is 370 g/mol. The van der Waals surface area contributed by atoms with Gasteiger partial charge in [0.15, 0.2) is 0 Å². The highest BCUT2D eigenvalue weighted by atomic mass is 16.2. The van der Waals surface area contributed by atoms with Crippen LogP contribution in [0.1, 0.15) is 29.6 Å². The molecule has 3 aliphatic heterocycles. The monoisotopic (exact) mass is 399 g/mol. The molecule has 0 aromatic heterocycles. The first-order valence-electron chi connectivity index (χ1n) is 10.5. The van der Waals surface area contributed by atoms with Gasteiger partial charge < -0.3 is 15.1 Å². The van der Waals surface area contributed by atoms with Crippen molar-refractivity contribution in [3.05, 3.63) is 29.8 Å². The van der Waals surface area contributed by atoms with Gasteiger partial charge in [-0.15, -0.1) is 0 Å². The summed E-state index contributed by atoms with van der Waals surface area (Å²) in [5.74, 6) is 0.404. The molecule has 29 heavy (non-hydrogen) atoms. The molecule has 0 radical (unpaired) electrons. The Bertz CT molecular complexity index is 769. The molecule has 3 fully saturated rings. The number of rotatable bonds is 4. The minimum Gasteiger partial charge on any atom is -0.339 e. The molecule has 2 N–H and O–H groups in total. The van der Waals surface area contributed by atoms with E-state index in [-0.39, 0.29) is 18.2 Å². The van der Waals surface area contributed by atoms with Crippen LogP contribution in [-0.2, 0) is 4.79 Å². The second-order valence-electron chi connectivity index (χ2n) is 8.09. The van der Waals surface area contributed by atoms with Crippen molar-refractivity contribution in [2.75, 3.05) is 57.3 Å². The Hall–Kier alpha value is -2.45. The van der Waals surface area contributed by atoms with Crippen LogP contribution in [0, 0.1) is 5.92 Å². The summed E-state index contributed by atoms with van der Waals surface area (Å²) in [4.78, 5) is 42.4. The van der Waals surface area contributed by atoms with Gasteiger partial charge >= 0.3 is 6.03 Å². The maximum absolute atomic E-state index is 13.0. The summed E-state index contributed by atoms with van der Waals surface area (Å²) >= 11 is 0. The third-order valence-electron chi connectivity index (χ3n) is 6.09. The van der Waals surface area contributed by atoms with Gasteiger partial charge in [0.2, 0.25) is 5.91 Å². The van der Waals surface area contributed by atoms with Gasteiger partial charge in [-0.1, -0.05) is 6.07 Å². The van der Waals surface area contributed by atoms with Crippen LogP contribution in [-0.4, -0.2) is 80.0 Å². The number of nitrogens with zero attached hydrogens (tertiary/aromatic N) is 3. The molecule has 8 nitrogen and oxygen atoms in total. The van der Waals surface area contributed by atoms with Crippen molar-refractivity contribution >= 4 is 23.5 Å². The number of benzene rings is 1. The van der Waals surface area contributed by atoms with Crippen molar-refractivity contribution in [3.8, 4) is 0 Å². The molecule has 8 heteroatoms. The Morgan fingerprint density at radius 2 is 1.79 bits per heavy atom. The molecule has 1 aromatic rings. The second kappa shape index (κ2) is 8.92. The summed E-state index contributed by atoms with van der Waals surface area (Å²) in [5, 5.41) is 5.71. The third kappa shape index (κ3) is 4.76. The Morgan fingerprint density at radius 3 is 2.52 bits per heavy atom. The highest BCUT2D eigenvalue weighted by Crippen LogP contribution is 2.23. The largest absolute Gasteiger partial charge is 0.339 e. The Kier molecular flexibility index (Phi) is 6.10. The van der Waals surface area contributed by atoms with Crippen molar-refractivity contribution in [1.29, 1.82) is 0 Å². The molecule has 1 aromatic carbocycles. The van der Waals surface area contributed by atoms with E-state index in [2.05, 4.69) is 15.5 Å². The lowest BCUT2D eigenvalue weighted by molar-refractivity contribution is -0.120. The molecule has 3 saturated heterocycles. The van der Waals surface area contributed by atoms with Crippen LogP contribution in [0.25, 0.3) is 0 Å². The first-order valence-corrected chi connectivity index (χ1v) is 10.5. The molecule has 0 bridgehead atoms. The number of hydrogen-bond acceptors (Lipinski definition) is 5. The number of likely N-dealkylation sites (tertiary alicyclic amines) is 1. The van der Waals surface area contributed by atoms with Crippen LogP contribution in [0.3, 0.4) is 0 Å². The highest BCUT2D eigenvalue weighted by molar-refractivity contribution is 6.06. The van der Waals surface area contributed by atoms with Crippen LogP contribution < -0.4 is 15.5 Å². The Labute approximate surface area is 171 Å². The van der Waals surface area contributed by atoms with Gasteiger partial charge in [-0.2, -0.15) is 0 Å². The number of carbonyl (C=O) groups excluding carboxylic acids is 3. The molecule has 4 amide bonds. The molecular formula is C21H29N5O3. The van der Waals surface area contributed by atoms with E-state index in [0.29, 0.717) is 23.7 Å². The minimum atomic E-state index is -0.431. The Morgan fingerprint density at radius 1 is 1.03 bits per heavy atom. The van der Waals surface area contributed by atoms with E-state index in [1.807, 2.05) is 4.90 Å². The molecule has 3 aliphatic rings. The number of nitrogens with one attached hydrogen (secondary N) is 2. The number of piperazine rings is 1. The third-order valence-corrected chi connectivity index (χ3v) is 6.09. The first kappa shape index (κ1) is 19.8. The standard InChI is InChI=1S/C21H29N5O3/c27-19-6-11-26(21(29)23-19)18-3-1-2-17(14-18)20(28)25-9-4-16(5-10-25)15-24-12-7-22-8-13-24/h1-3,14,16,22H,4-13,15H2,(H,23,27,29). The lowest BCUT2D eigenvalue weighted by Crippen LogP contribution is -2.49. The zero-order chi connectivity index (χ0) is 20.2. The summed E-state index contributed by atoms with van der Waals surface area (Å²) in [6.45, 7) is 7.37. The molecule has 4 rings (SSSR count). The Balaban J connectivity index is 1.34. The first-order chi connectivity index (χ1) is 14.1. The molecule has 0 atom stereocenters. The zero-order valence-electron chi connectivity index (χ0n) is 16.7. The van der Waals surface area contributed by atoms with Gasteiger partial charge in [-0.25, -0.2) is 4.79 Å². The van der Waals surface area contributed by atoms with E-state index in [1.54, 1.807) is 24.3 Å². The number of anilines is 1. The summed E-state index contributed by atoms with van der Waals surface area (Å²) in [7, 11) is 0. The highest BCUT2D eigenvalue weighted by Gasteiger charge is 2.27. The van der Waals surface area contributed by atoms with Gasteiger partial charge in [0.05, 0.1) is 0 Å². The van der Waals surface area contributed by atoms with E-state index in [4.69, 9.17) is 0 Å². The van der Waals surface area contributed by atoms with E-state index < -0.39 is 6.03 Å². The second-order valence-corrected chi connectivity index (χ2v) is 8.09. The van der Waals surface area contributed by atoms with Crippen molar-refractivity contribution in [1.82, 2.24) is 20.4 Å². The number of carbonyl (C=O) groups is 3. The average Bonchev–Trinajstić information content (AvgIpc) is 2.75. The topological polar surface area (TPSA) is 85.0 Å². The summed E-state index contributed by atoms with van der Waals surface area (Å²) < 4.78 is 0. The molecule has 156 valence electrons. The lowest BCUT2D eigenvalue weighted by atomic mass is 9.95. The molecule has 0 aliphatic carbocycles. The SMILES string of the molecule is O=C1CCN(c2cccc(C(=O)N3CCC(CN4CCNCC4)CC3)c2)C(=O)N1. The van der Waals surface area contributed by atoms with Crippen molar-refractivity contribution < 1.29 is 14.4 Å². The smallest absolute Gasteiger partial charge is 0.328 e. The van der Waals surface area contributed by atoms with E-state index in [0.717, 1.165) is 58.7 Å². The van der Waals surface area contributed by atoms with E-state index >= 15 is 0 Å². The number of imide groups is 1. The van der Waals surface area contributed by atoms with Gasteiger partial charge in [0, 0.05) is 70.0 Å². The maximum Gasteiger partial charge on any atom is 0.328 e. The van der Waals surface area contributed by atoms with E-state index in [1.165, 1.54) is 4.90 Å². The van der Waals surface area contributed by atoms with Crippen molar-refractivity contribution in [2.24, 2.45) is 5.92 Å². The fraction of sp³-hybridized carbons (Fsp3) is 0.571. The van der Waals surface area contributed by atoms with Crippen molar-refractivity contribution in [3.63, 3.8) is 0 Å². The summed E-state index contributed by atoms with van der Waals surface area (Å²) in [6, 6.07) is 6.71. The molecule has 0 unspecified atom stereocenters. The fourth-order valence-corrected chi connectivity index (χ4v) is 4.38. The van der Waals surface area contributed by atoms with Gasteiger partial charge in [-0.05, 0) is 37.0 Å². The van der Waals surface area contributed by atoms with Gasteiger partial charge in [0.1, 0.15) is 0 Å². The summed E-state index contributed by atoms with van der Waals surface area (Å²) in [5.41, 5.74) is 1.24.